The summed E-state index contributed by atoms with van der Waals surface area (Å²) in [6, 6.07) is 11.6. The summed E-state index contributed by atoms with van der Waals surface area (Å²) in [4.78, 5) is 0. The summed E-state index contributed by atoms with van der Waals surface area (Å²) in [6.45, 7) is 0. The van der Waals surface area contributed by atoms with Gasteiger partial charge in [0.15, 0.2) is 5.82 Å². The van der Waals surface area contributed by atoms with Gasteiger partial charge in [0.1, 0.15) is 12.1 Å². The maximum Gasteiger partial charge on any atom is 0.163 e. The summed E-state index contributed by atoms with van der Waals surface area (Å²) in [6.07, 6.45) is 0. The van der Waals surface area contributed by atoms with Crippen molar-refractivity contribution in [3.05, 3.63) is 56.8 Å². The Bertz CT molecular complexity index is 812. The second-order valence-corrected chi connectivity index (χ2v) is 4.74. The molecule has 0 aliphatic rings. The van der Waals surface area contributed by atoms with Gasteiger partial charge in [0.05, 0.1) is 32.8 Å². The molecule has 0 saturated carbocycles. The molecule has 0 aliphatic heterocycles. The largest absolute Gasteiger partial charge is 0.204 e. The first kappa shape index (κ1) is 14.8. The molecular formula is C15H4Cl2FN3. The monoisotopic (exact) mass is 315 g/mol. The maximum absolute atomic E-state index is 13.8. The lowest BCUT2D eigenvalue weighted by atomic mass is 9.94. The first-order valence-electron chi connectivity index (χ1n) is 5.56. The van der Waals surface area contributed by atoms with Gasteiger partial charge in [-0.15, -0.1) is 0 Å². The van der Waals surface area contributed by atoms with Crippen LogP contribution in [-0.2, 0) is 0 Å². The molecule has 0 aromatic heterocycles. The second kappa shape index (κ2) is 5.81. The molecule has 2 rings (SSSR count). The molecule has 2 aromatic rings. The van der Waals surface area contributed by atoms with Crippen molar-refractivity contribution < 1.29 is 4.39 Å². The highest BCUT2D eigenvalue weighted by Crippen LogP contribution is 2.39. The molecule has 0 bridgehead atoms. The van der Waals surface area contributed by atoms with Gasteiger partial charge < -0.3 is 0 Å². The van der Waals surface area contributed by atoms with Gasteiger partial charge in [-0.05, 0) is 17.7 Å². The number of halogens is 3. The normalized spacial score (nSPS) is 9.52. The quantitative estimate of drug-likeness (QED) is 0.731. The van der Waals surface area contributed by atoms with Crippen LogP contribution in [0.5, 0.6) is 0 Å². The van der Waals surface area contributed by atoms with Crippen molar-refractivity contribution in [3.8, 4) is 29.3 Å². The average molecular weight is 316 g/mol. The van der Waals surface area contributed by atoms with Crippen LogP contribution in [-0.4, -0.2) is 0 Å². The molecule has 0 heterocycles. The van der Waals surface area contributed by atoms with Crippen molar-refractivity contribution >= 4 is 23.2 Å². The van der Waals surface area contributed by atoms with Crippen molar-refractivity contribution in [2.75, 3.05) is 0 Å². The third kappa shape index (κ3) is 2.41. The van der Waals surface area contributed by atoms with Gasteiger partial charge >= 0.3 is 0 Å². The first-order chi connectivity index (χ1) is 10.0. The van der Waals surface area contributed by atoms with E-state index in [4.69, 9.17) is 28.5 Å². The molecule has 2 aromatic carbocycles. The highest BCUT2D eigenvalue weighted by Gasteiger charge is 2.23. The van der Waals surface area contributed by atoms with Crippen molar-refractivity contribution in [2.24, 2.45) is 0 Å². The van der Waals surface area contributed by atoms with Gasteiger partial charge in [-0.1, -0.05) is 35.3 Å². The van der Waals surface area contributed by atoms with Gasteiger partial charge in [0.25, 0.3) is 0 Å². The van der Waals surface area contributed by atoms with Crippen molar-refractivity contribution in [3.63, 3.8) is 0 Å². The fourth-order valence-corrected chi connectivity index (χ4v) is 2.38. The van der Waals surface area contributed by atoms with Crippen LogP contribution in [0.25, 0.3) is 11.1 Å². The summed E-state index contributed by atoms with van der Waals surface area (Å²) in [7, 11) is 0. The molecule has 3 nitrogen and oxygen atoms in total. The van der Waals surface area contributed by atoms with E-state index in [1.165, 1.54) is 12.1 Å². The molecule has 100 valence electrons. The molecule has 0 fully saturated rings. The van der Waals surface area contributed by atoms with Gasteiger partial charge in [-0.2, -0.15) is 15.8 Å². The Morgan fingerprint density at radius 3 is 1.67 bits per heavy atom. The Kier molecular flexibility index (Phi) is 4.10. The van der Waals surface area contributed by atoms with E-state index in [2.05, 4.69) is 0 Å². The van der Waals surface area contributed by atoms with Crippen LogP contribution in [0.1, 0.15) is 16.7 Å². The van der Waals surface area contributed by atoms with Crippen molar-refractivity contribution in [2.45, 2.75) is 0 Å². The molecule has 0 unspecified atom stereocenters. The van der Waals surface area contributed by atoms with Crippen molar-refractivity contribution in [1.29, 1.82) is 15.8 Å². The zero-order valence-corrected chi connectivity index (χ0v) is 11.8. The molecule has 0 amide bonds. The molecule has 6 heteroatoms. The van der Waals surface area contributed by atoms with E-state index in [0.717, 1.165) is 0 Å². The Morgan fingerprint density at radius 1 is 0.810 bits per heavy atom. The zero-order valence-electron chi connectivity index (χ0n) is 10.3. The van der Waals surface area contributed by atoms with Crippen molar-refractivity contribution in [1.82, 2.24) is 0 Å². The van der Waals surface area contributed by atoms with E-state index in [9.17, 15) is 14.9 Å². The molecule has 0 N–H and O–H groups in total. The molecule has 0 saturated heterocycles. The zero-order chi connectivity index (χ0) is 15.6. The summed E-state index contributed by atoms with van der Waals surface area (Å²) in [5, 5.41) is 26.3. The molecule has 21 heavy (non-hydrogen) atoms. The minimum absolute atomic E-state index is 0.154. The molecule has 0 spiro atoms. The third-order valence-electron chi connectivity index (χ3n) is 2.85. The van der Waals surface area contributed by atoms with E-state index >= 15 is 0 Å². The number of hydrogen-bond acceptors (Lipinski definition) is 3. The number of rotatable bonds is 1. The lowest BCUT2D eigenvalue weighted by molar-refractivity contribution is 0.628. The predicted octanol–water partition coefficient (Wildman–Crippen LogP) is 4.41. The Balaban J connectivity index is 2.88. The SMILES string of the molecule is N#Cc1ccc(-c2c(C#N)c(Cl)c(F)c(Cl)c2C#N)cc1. The lowest BCUT2D eigenvalue weighted by Gasteiger charge is -2.11. The highest BCUT2D eigenvalue weighted by molar-refractivity contribution is 6.37. The van der Waals surface area contributed by atoms with E-state index < -0.39 is 15.9 Å². The molecule has 0 atom stereocenters. The minimum Gasteiger partial charge on any atom is -0.204 e. The smallest absolute Gasteiger partial charge is 0.163 e. The number of benzene rings is 2. The number of hydrogen-bond donors (Lipinski definition) is 0. The molecule has 0 aliphatic carbocycles. The first-order valence-corrected chi connectivity index (χ1v) is 6.32. The highest BCUT2D eigenvalue weighted by atomic mass is 35.5. The summed E-state index contributed by atoms with van der Waals surface area (Å²) in [5.41, 5.74) is 0.682. The molecule has 0 radical (unpaired) electrons. The Hall–Kier alpha value is -2.58. The van der Waals surface area contributed by atoms with Gasteiger partial charge in [-0.3, -0.25) is 0 Å². The van der Waals surface area contributed by atoms with Crippen LogP contribution in [0, 0.1) is 39.8 Å². The van der Waals surface area contributed by atoms with Crippen LogP contribution in [0.15, 0.2) is 24.3 Å². The fourth-order valence-electron chi connectivity index (χ4n) is 1.87. The fraction of sp³-hybridized carbons (Fsp3) is 0. The van der Waals surface area contributed by atoms with Gasteiger partial charge in [-0.25, -0.2) is 4.39 Å². The number of nitrogens with zero attached hydrogens (tertiary/aromatic N) is 3. The minimum atomic E-state index is -0.996. The van der Waals surface area contributed by atoms with E-state index in [-0.39, 0.29) is 16.7 Å². The van der Waals surface area contributed by atoms with Crippen LogP contribution in [0.3, 0.4) is 0 Å². The average Bonchev–Trinajstić information content (AvgIpc) is 2.52. The van der Waals surface area contributed by atoms with Gasteiger partial charge in [0, 0.05) is 5.56 Å². The lowest BCUT2D eigenvalue weighted by Crippen LogP contribution is -1.97. The number of nitriles is 3. The summed E-state index contributed by atoms with van der Waals surface area (Å²) < 4.78 is 13.8. The Morgan fingerprint density at radius 2 is 1.29 bits per heavy atom. The third-order valence-corrected chi connectivity index (χ3v) is 3.56. The van der Waals surface area contributed by atoms with E-state index in [0.29, 0.717) is 11.1 Å². The Labute approximate surface area is 130 Å². The second-order valence-electron chi connectivity index (χ2n) is 3.98. The summed E-state index contributed by atoms with van der Waals surface area (Å²) in [5.74, 6) is -0.996. The van der Waals surface area contributed by atoms with Crippen LogP contribution < -0.4 is 0 Å². The van der Waals surface area contributed by atoms with Crippen LogP contribution >= 0.6 is 23.2 Å². The van der Waals surface area contributed by atoms with E-state index in [1.807, 2.05) is 6.07 Å². The van der Waals surface area contributed by atoms with Crippen LogP contribution in [0.4, 0.5) is 4.39 Å². The summed E-state index contributed by atoms with van der Waals surface area (Å²) >= 11 is 11.6. The van der Waals surface area contributed by atoms with Gasteiger partial charge in [0.2, 0.25) is 0 Å². The maximum atomic E-state index is 13.8. The van der Waals surface area contributed by atoms with Crippen LogP contribution in [0.2, 0.25) is 10.0 Å². The van der Waals surface area contributed by atoms with E-state index in [1.54, 1.807) is 24.3 Å². The predicted molar refractivity (Wildman–Crippen MR) is 76.0 cm³/mol. The molecular weight excluding hydrogens is 312 g/mol. The standard InChI is InChI=1S/C15H4Cl2FN3/c16-13-10(6-20)12(11(7-21)14(17)15(13)18)9-3-1-8(5-19)2-4-9/h1-4H. The topological polar surface area (TPSA) is 71.4 Å².